The van der Waals surface area contributed by atoms with Crippen LogP contribution in [-0.4, -0.2) is 30.0 Å². The molecule has 2 unspecified atom stereocenters. The van der Waals surface area contributed by atoms with Crippen LogP contribution in [-0.2, 0) is 11.3 Å². The maximum Gasteiger partial charge on any atom is 0.0963 e. The molecule has 3 nitrogen and oxygen atoms in total. The van der Waals surface area contributed by atoms with Crippen LogP contribution in [0.25, 0.3) is 0 Å². The third-order valence-electron chi connectivity index (χ3n) is 2.76. The zero-order chi connectivity index (χ0) is 11.4. The maximum absolute atomic E-state index is 5.54. The molecule has 0 aromatic carbocycles. The molecule has 1 N–H and O–H groups in total. The number of thioether (sulfide) groups is 1. The summed E-state index contributed by atoms with van der Waals surface area (Å²) in [5.41, 5.74) is 1.22. The van der Waals surface area contributed by atoms with Crippen LogP contribution < -0.4 is 5.32 Å². The first kappa shape index (κ1) is 11.9. The molecule has 0 aliphatic carbocycles. The van der Waals surface area contributed by atoms with E-state index in [0.717, 1.165) is 24.6 Å². The SMILES string of the molecule is CNCc1ccc(SC2CCOC2C)nc1. The van der Waals surface area contributed by atoms with Crippen molar-refractivity contribution in [2.75, 3.05) is 13.7 Å². The van der Waals surface area contributed by atoms with Gasteiger partial charge in [0, 0.05) is 24.6 Å². The Morgan fingerprint density at radius 1 is 1.56 bits per heavy atom. The van der Waals surface area contributed by atoms with Gasteiger partial charge in [-0.05, 0) is 32.0 Å². The number of nitrogens with zero attached hydrogens (tertiary/aromatic N) is 1. The van der Waals surface area contributed by atoms with Crippen LogP contribution in [0.5, 0.6) is 0 Å². The van der Waals surface area contributed by atoms with Gasteiger partial charge in [0.25, 0.3) is 0 Å². The molecule has 2 atom stereocenters. The van der Waals surface area contributed by atoms with E-state index in [9.17, 15) is 0 Å². The highest BCUT2D eigenvalue weighted by atomic mass is 32.2. The molecule has 88 valence electrons. The summed E-state index contributed by atoms with van der Waals surface area (Å²) in [7, 11) is 1.94. The van der Waals surface area contributed by atoms with Crippen molar-refractivity contribution in [2.24, 2.45) is 0 Å². The Kier molecular flexibility index (Phi) is 4.21. The predicted molar refractivity (Wildman–Crippen MR) is 66.7 cm³/mol. The zero-order valence-electron chi connectivity index (χ0n) is 9.77. The third kappa shape index (κ3) is 2.97. The number of pyridine rings is 1. The van der Waals surface area contributed by atoms with Crippen LogP contribution in [0.1, 0.15) is 18.9 Å². The topological polar surface area (TPSA) is 34.1 Å². The molecule has 1 aliphatic rings. The predicted octanol–water partition coefficient (Wildman–Crippen LogP) is 2.07. The molecular formula is C12H18N2OS. The van der Waals surface area contributed by atoms with E-state index in [-0.39, 0.29) is 0 Å². The first-order chi connectivity index (χ1) is 7.79. The molecule has 1 aromatic rings. The monoisotopic (exact) mass is 238 g/mol. The van der Waals surface area contributed by atoms with Crippen LogP contribution in [0.4, 0.5) is 0 Å². The standard InChI is InChI=1S/C12H18N2OS/c1-9-11(5-6-15-9)16-12-4-3-10(7-13-2)8-14-12/h3-4,8-9,11,13H,5-7H2,1-2H3. The van der Waals surface area contributed by atoms with E-state index < -0.39 is 0 Å². The van der Waals surface area contributed by atoms with E-state index in [2.05, 4.69) is 29.4 Å². The largest absolute Gasteiger partial charge is 0.377 e. The van der Waals surface area contributed by atoms with Gasteiger partial charge in [-0.15, -0.1) is 11.8 Å². The van der Waals surface area contributed by atoms with Crippen molar-refractivity contribution in [3.05, 3.63) is 23.9 Å². The third-order valence-corrected chi connectivity index (χ3v) is 4.16. The van der Waals surface area contributed by atoms with Crippen LogP contribution >= 0.6 is 11.8 Å². The van der Waals surface area contributed by atoms with E-state index in [1.165, 1.54) is 5.56 Å². The van der Waals surface area contributed by atoms with Gasteiger partial charge in [-0.2, -0.15) is 0 Å². The fourth-order valence-corrected chi connectivity index (χ4v) is 2.87. The van der Waals surface area contributed by atoms with Gasteiger partial charge in [0.15, 0.2) is 0 Å². The molecule has 16 heavy (non-hydrogen) atoms. The molecule has 4 heteroatoms. The molecular weight excluding hydrogens is 220 g/mol. The van der Waals surface area contributed by atoms with Gasteiger partial charge in [0.2, 0.25) is 0 Å². The van der Waals surface area contributed by atoms with Crippen LogP contribution in [0, 0.1) is 0 Å². The quantitative estimate of drug-likeness (QED) is 0.871. The molecule has 0 radical (unpaired) electrons. The molecule has 0 amide bonds. The summed E-state index contributed by atoms with van der Waals surface area (Å²) < 4.78 is 5.54. The Morgan fingerprint density at radius 2 is 2.44 bits per heavy atom. The van der Waals surface area contributed by atoms with Gasteiger partial charge in [-0.3, -0.25) is 0 Å². The highest BCUT2D eigenvalue weighted by Crippen LogP contribution is 2.31. The van der Waals surface area contributed by atoms with Crippen molar-refractivity contribution in [3.8, 4) is 0 Å². The van der Waals surface area contributed by atoms with E-state index in [1.807, 2.05) is 25.0 Å². The minimum Gasteiger partial charge on any atom is -0.377 e. The van der Waals surface area contributed by atoms with E-state index in [1.54, 1.807) is 0 Å². The van der Waals surface area contributed by atoms with E-state index in [0.29, 0.717) is 11.4 Å². The van der Waals surface area contributed by atoms with Crippen molar-refractivity contribution >= 4 is 11.8 Å². The number of nitrogens with one attached hydrogen (secondary N) is 1. The Labute approximate surface area is 101 Å². The minimum atomic E-state index is 0.351. The summed E-state index contributed by atoms with van der Waals surface area (Å²) in [6.07, 6.45) is 3.43. The van der Waals surface area contributed by atoms with Crippen molar-refractivity contribution in [3.63, 3.8) is 0 Å². The number of aromatic nitrogens is 1. The zero-order valence-corrected chi connectivity index (χ0v) is 10.6. The van der Waals surface area contributed by atoms with Gasteiger partial charge in [0.1, 0.15) is 0 Å². The molecule has 1 aromatic heterocycles. The second-order valence-corrected chi connectivity index (χ2v) is 5.32. The first-order valence-corrected chi connectivity index (χ1v) is 6.55. The van der Waals surface area contributed by atoms with Crippen molar-refractivity contribution in [1.82, 2.24) is 10.3 Å². The molecule has 2 rings (SSSR count). The fraction of sp³-hybridized carbons (Fsp3) is 0.583. The lowest BCUT2D eigenvalue weighted by Crippen LogP contribution is -2.13. The van der Waals surface area contributed by atoms with Gasteiger partial charge in [0.05, 0.1) is 11.1 Å². The van der Waals surface area contributed by atoms with Gasteiger partial charge in [-0.1, -0.05) is 6.07 Å². The summed E-state index contributed by atoms with van der Waals surface area (Å²) in [4.78, 5) is 4.46. The highest BCUT2D eigenvalue weighted by Gasteiger charge is 2.25. The summed E-state index contributed by atoms with van der Waals surface area (Å²) in [6.45, 7) is 3.90. The lowest BCUT2D eigenvalue weighted by atomic mass is 10.3. The smallest absolute Gasteiger partial charge is 0.0963 e. The molecule has 1 saturated heterocycles. The Balaban J connectivity index is 1.94. The molecule has 1 aliphatic heterocycles. The molecule has 1 fully saturated rings. The highest BCUT2D eigenvalue weighted by molar-refractivity contribution is 7.99. The maximum atomic E-state index is 5.54. The lowest BCUT2D eigenvalue weighted by Gasteiger charge is -2.12. The number of rotatable bonds is 4. The summed E-state index contributed by atoms with van der Waals surface area (Å²) >= 11 is 1.83. The first-order valence-electron chi connectivity index (χ1n) is 5.67. The average molecular weight is 238 g/mol. The summed E-state index contributed by atoms with van der Waals surface area (Å²) in [5.74, 6) is 0. The van der Waals surface area contributed by atoms with Crippen LogP contribution in [0.2, 0.25) is 0 Å². The fourth-order valence-electron chi connectivity index (χ4n) is 1.81. The molecule has 0 bridgehead atoms. The Hall–Kier alpha value is -0.580. The molecule has 2 heterocycles. The Morgan fingerprint density at radius 3 is 3.00 bits per heavy atom. The summed E-state index contributed by atoms with van der Waals surface area (Å²) in [6, 6.07) is 4.23. The second kappa shape index (κ2) is 5.66. The summed E-state index contributed by atoms with van der Waals surface area (Å²) in [5, 5.41) is 4.77. The van der Waals surface area contributed by atoms with Crippen molar-refractivity contribution < 1.29 is 4.74 Å². The average Bonchev–Trinajstić information content (AvgIpc) is 2.68. The normalized spacial score (nSPS) is 24.9. The van der Waals surface area contributed by atoms with Crippen molar-refractivity contribution in [1.29, 1.82) is 0 Å². The lowest BCUT2D eigenvalue weighted by molar-refractivity contribution is 0.127. The van der Waals surface area contributed by atoms with Gasteiger partial charge in [-0.25, -0.2) is 4.98 Å². The van der Waals surface area contributed by atoms with Crippen LogP contribution in [0.15, 0.2) is 23.4 Å². The van der Waals surface area contributed by atoms with E-state index in [4.69, 9.17) is 4.74 Å². The molecule has 0 spiro atoms. The van der Waals surface area contributed by atoms with Gasteiger partial charge < -0.3 is 10.1 Å². The second-order valence-electron chi connectivity index (χ2n) is 4.06. The van der Waals surface area contributed by atoms with Crippen molar-refractivity contribution in [2.45, 2.75) is 36.3 Å². The minimum absolute atomic E-state index is 0.351. The van der Waals surface area contributed by atoms with E-state index >= 15 is 0 Å². The van der Waals surface area contributed by atoms with Crippen LogP contribution in [0.3, 0.4) is 0 Å². The molecule has 0 saturated carbocycles. The van der Waals surface area contributed by atoms with Gasteiger partial charge >= 0.3 is 0 Å². The number of hydrogen-bond donors (Lipinski definition) is 1. The number of hydrogen-bond acceptors (Lipinski definition) is 4. The Bertz CT molecular complexity index is 328. The number of ether oxygens (including phenoxy) is 1.